The predicted molar refractivity (Wildman–Crippen MR) is 96.4 cm³/mol. The second kappa shape index (κ2) is 7.70. The third-order valence-electron chi connectivity index (χ3n) is 5.04. The number of aliphatic hydroxyl groups excluding tert-OH is 1. The van der Waals surface area contributed by atoms with Crippen molar-refractivity contribution in [3.63, 3.8) is 0 Å². The van der Waals surface area contributed by atoms with Gasteiger partial charge in [-0.25, -0.2) is 9.48 Å². The number of hydrogen-bond acceptors (Lipinski definition) is 3. The Morgan fingerprint density at radius 2 is 2.12 bits per heavy atom. The summed E-state index contributed by atoms with van der Waals surface area (Å²) in [6.07, 6.45) is 7.24. The van der Waals surface area contributed by atoms with Gasteiger partial charge in [-0.05, 0) is 25.0 Å². The molecule has 2 amide bonds. The minimum absolute atomic E-state index is 0.216. The number of hydrogen-bond donors (Lipinski definition) is 3. The molecule has 0 bridgehead atoms. The quantitative estimate of drug-likeness (QED) is 0.781. The lowest BCUT2D eigenvalue weighted by atomic mass is 9.73. The van der Waals surface area contributed by atoms with E-state index in [2.05, 4.69) is 15.7 Å². The van der Waals surface area contributed by atoms with Gasteiger partial charge in [0.15, 0.2) is 0 Å². The standard InChI is InChI=1S/C19H26N4O2/c1-19(10-6-5-9-17(19)24)14-21-18(25)20-11-15-12-22-23(13-15)16-7-3-2-4-8-16/h2-4,7-8,12-13,17,24H,5-6,9-11,14H2,1H3,(H2,20,21,25). The van der Waals surface area contributed by atoms with Crippen molar-refractivity contribution < 1.29 is 9.90 Å². The van der Waals surface area contributed by atoms with Gasteiger partial charge in [0.25, 0.3) is 0 Å². The first-order chi connectivity index (χ1) is 12.1. The number of nitrogens with one attached hydrogen (secondary N) is 2. The van der Waals surface area contributed by atoms with Crippen LogP contribution in [0.2, 0.25) is 0 Å². The normalized spacial score (nSPS) is 23.2. The zero-order valence-corrected chi connectivity index (χ0v) is 14.6. The maximum absolute atomic E-state index is 12.1. The molecule has 0 radical (unpaired) electrons. The minimum Gasteiger partial charge on any atom is -0.392 e. The summed E-state index contributed by atoms with van der Waals surface area (Å²) in [6.45, 7) is 2.95. The molecule has 1 saturated carbocycles. The van der Waals surface area contributed by atoms with Gasteiger partial charge in [0.1, 0.15) is 0 Å². The second-order valence-electron chi connectivity index (χ2n) is 7.08. The number of aromatic nitrogens is 2. The van der Waals surface area contributed by atoms with Crippen molar-refractivity contribution in [1.29, 1.82) is 0 Å². The number of para-hydroxylation sites is 1. The smallest absolute Gasteiger partial charge is 0.315 e. The highest BCUT2D eigenvalue weighted by atomic mass is 16.3. The van der Waals surface area contributed by atoms with Crippen LogP contribution in [0.4, 0.5) is 4.79 Å². The van der Waals surface area contributed by atoms with E-state index in [0.717, 1.165) is 36.9 Å². The van der Waals surface area contributed by atoms with Crippen molar-refractivity contribution >= 4 is 6.03 Å². The molecule has 2 unspecified atom stereocenters. The number of benzene rings is 1. The van der Waals surface area contributed by atoms with Crippen molar-refractivity contribution in [2.75, 3.05) is 6.54 Å². The maximum Gasteiger partial charge on any atom is 0.315 e. The Morgan fingerprint density at radius 1 is 1.32 bits per heavy atom. The van der Waals surface area contributed by atoms with E-state index in [-0.39, 0.29) is 17.6 Å². The molecular weight excluding hydrogens is 316 g/mol. The van der Waals surface area contributed by atoms with Crippen molar-refractivity contribution in [3.8, 4) is 5.69 Å². The molecule has 0 spiro atoms. The van der Waals surface area contributed by atoms with E-state index in [0.29, 0.717) is 13.1 Å². The van der Waals surface area contributed by atoms with Gasteiger partial charge in [0.2, 0.25) is 0 Å². The van der Waals surface area contributed by atoms with Gasteiger partial charge < -0.3 is 15.7 Å². The van der Waals surface area contributed by atoms with Gasteiger partial charge in [-0.1, -0.05) is 38.0 Å². The van der Waals surface area contributed by atoms with Crippen molar-refractivity contribution in [2.24, 2.45) is 5.41 Å². The number of aliphatic hydroxyl groups is 1. The van der Waals surface area contributed by atoms with Crippen LogP contribution in [0, 0.1) is 5.41 Å². The van der Waals surface area contributed by atoms with E-state index in [1.807, 2.05) is 43.5 Å². The summed E-state index contributed by atoms with van der Waals surface area (Å²) < 4.78 is 1.79. The van der Waals surface area contributed by atoms with Crippen LogP contribution in [0.15, 0.2) is 42.7 Å². The molecular formula is C19H26N4O2. The van der Waals surface area contributed by atoms with E-state index in [1.165, 1.54) is 0 Å². The lowest BCUT2D eigenvalue weighted by Gasteiger charge is -2.38. The van der Waals surface area contributed by atoms with Crippen LogP contribution in [0.1, 0.15) is 38.2 Å². The number of amides is 2. The van der Waals surface area contributed by atoms with Gasteiger partial charge >= 0.3 is 6.03 Å². The third kappa shape index (κ3) is 4.39. The van der Waals surface area contributed by atoms with E-state index in [4.69, 9.17) is 0 Å². The maximum atomic E-state index is 12.1. The highest BCUT2D eigenvalue weighted by Gasteiger charge is 2.35. The first-order valence-electron chi connectivity index (χ1n) is 8.86. The van der Waals surface area contributed by atoms with Gasteiger partial charge in [-0.3, -0.25) is 0 Å². The van der Waals surface area contributed by atoms with Gasteiger partial charge in [0, 0.05) is 30.3 Å². The molecule has 2 atom stereocenters. The summed E-state index contributed by atoms with van der Waals surface area (Å²) in [6, 6.07) is 9.63. The Labute approximate surface area is 148 Å². The zero-order chi connectivity index (χ0) is 17.7. The van der Waals surface area contributed by atoms with Gasteiger partial charge in [-0.15, -0.1) is 0 Å². The molecule has 134 valence electrons. The highest BCUT2D eigenvalue weighted by Crippen LogP contribution is 2.35. The summed E-state index contributed by atoms with van der Waals surface area (Å²) in [4.78, 5) is 12.1. The van der Waals surface area contributed by atoms with Crippen LogP contribution in [0.25, 0.3) is 5.69 Å². The van der Waals surface area contributed by atoms with Crippen molar-refractivity contribution in [3.05, 3.63) is 48.3 Å². The molecule has 1 aliphatic carbocycles. The molecule has 3 N–H and O–H groups in total. The van der Waals surface area contributed by atoms with Crippen LogP contribution in [-0.2, 0) is 6.54 Å². The van der Waals surface area contributed by atoms with Gasteiger partial charge in [0.05, 0.1) is 18.0 Å². The van der Waals surface area contributed by atoms with Crippen LogP contribution in [-0.4, -0.2) is 33.6 Å². The molecule has 0 aliphatic heterocycles. The molecule has 0 saturated heterocycles. The first kappa shape index (κ1) is 17.5. The largest absolute Gasteiger partial charge is 0.392 e. The number of rotatable bonds is 5. The lowest BCUT2D eigenvalue weighted by molar-refractivity contribution is 0.00309. The third-order valence-corrected chi connectivity index (χ3v) is 5.04. The molecule has 1 fully saturated rings. The predicted octanol–water partition coefficient (Wildman–Crippen LogP) is 2.61. The molecule has 3 rings (SSSR count). The summed E-state index contributed by atoms with van der Waals surface area (Å²) in [5.41, 5.74) is 1.69. The molecule has 25 heavy (non-hydrogen) atoms. The Morgan fingerprint density at radius 3 is 2.88 bits per heavy atom. The fourth-order valence-corrected chi connectivity index (χ4v) is 3.29. The number of carbonyl (C=O) groups is 1. The van der Waals surface area contributed by atoms with Crippen molar-refractivity contribution in [1.82, 2.24) is 20.4 Å². The van der Waals surface area contributed by atoms with E-state index in [1.54, 1.807) is 10.9 Å². The molecule has 1 aliphatic rings. The number of carbonyl (C=O) groups excluding carboxylic acids is 1. The monoisotopic (exact) mass is 342 g/mol. The molecule has 1 aromatic carbocycles. The summed E-state index contributed by atoms with van der Waals surface area (Å²) in [5.74, 6) is 0. The summed E-state index contributed by atoms with van der Waals surface area (Å²) in [7, 11) is 0. The van der Waals surface area contributed by atoms with Crippen molar-refractivity contribution in [2.45, 2.75) is 45.3 Å². The zero-order valence-electron chi connectivity index (χ0n) is 14.6. The van der Waals surface area contributed by atoms with Crippen LogP contribution in [0.5, 0.6) is 0 Å². The van der Waals surface area contributed by atoms with Crippen LogP contribution < -0.4 is 10.6 Å². The van der Waals surface area contributed by atoms with E-state index < -0.39 is 0 Å². The topological polar surface area (TPSA) is 79.2 Å². The first-order valence-corrected chi connectivity index (χ1v) is 8.86. The van der Waals surface area contributed by atoms with E-state index >= 15 is 0 Å². The Hall–Kier alpha value is -2.34. The lowest BCUT2D eigenvalue weighted by Crippen LogP contribution is -2.47. The Balaban J connectivity index is 1.47. The average molecular weight is 342 g/mol. The number of nitrogens with zero attached hydrogens (tertiary/aromatic N) is 2. The second-order valence-corrected chi connectivity index (χ2v) is 7.08. The summed E-state index contributed by atoms with van der Waals surface area (Å²) >= 11 is 0. The SMILES string of the molecule is CC1(CNC(=O)NCc2cnn(-c3ccccc3)c2)CCCCC1O. The van der Waals surface area contributed by atoms with Crippen LogP contribution >= 0.6 is 0 Å². The fourth-order valence-electron chi connectivity index (χ4n) is 3.29. The highest BCUT2D eigenvalue weighted by molar-refractivity contribution is 5.73. The molecule has 1 aromatic heterocycles. The fraction of sp³-hybridized carbons (Fsp3) is 0.474. The number of urea groups is 1. The minimum atomic E-state index is -0.342. The van der Waals surface area contributed by atoms with Crippen LogP contribution in [0.3, 0.4) is 0 Å². The molecule has 6 nitrogen and oxygen atoms in total. The average Bonchev–Trinajstić information content (AvgIpc) is 3.11. The Kier molecular flexibility index (Phi) is 5.38. The molecule has 2 aromatic rings. The summed E-state index contributed by atoms with van der Waals surface area (Å²) in [5, 5.41) is 20.2. The molecule has 1 heterocycles. The van der Waals surface area contributed by atoms with E-state index in [9.17, 15) is 9.90 Å². The molecule has 6 heteroatoms. The van der Waals surface area contributed by atoms with Gasteiger partial charge in [-0.2, -0.15) is 5.10 Å². The Bertz CT molecular complexity index is 700.